The number of aryl methyl sites for hydroxylation is 1. The molecule has 2 aromatic carbocycles. The van der Waals surface area contributed by atoms with Crippen LogP contribution in [0.25, 0.3) is 21.6 Å². The van der Waals surface area contributed by atoms with Crippen molar-refractivity contribution in [2.24, 2.45) is 7.05 Å². The largest absolute Gasteiger partial charge is 0.382 e. The van der Waals surface area contributed by atoms with Gasteiger partial charge in [-0.2, -0.15) is 10.2 Å². The Bertz CT molecular complexity index is 1430. The van der Waals surface area contributed by atoms with Crippen LogP contribution in [0.5, 0.6) is 0 Å². The molecule has 0 radical (unpaired) electrons. The molecule has 33 heavy (non-hydrogen) atoms. The van der Waals surface area contributed by atoms with E-state index in [1.165, 1.54) is 34.7 Å². The molecule has 168 valence electrons. The fraction of sp³-hybridized carbons (Fsp3) is 0.227. The molecule has 3 aromatic heterocycles. The van der Waals surface area contributed by atoms with Gasteiger partial charge in [0.1, 0.15) is 36.2 Å². The molecule has 0 bridgehead atoms. The van der Waals surface area contributed by atoms with Crippen LogP contribution < -0.4 is 0 Å². The molecular weight excluding hydrogens is 448 g/mol. The predicted octanol–water partition coefficient (Wildman–Crippen LogP) is 3.65. The molecule has 0 unspecified atom stereocenters. The van der Waals surface area contributed by atoms with E-state index < -0.39 is 23.2 Å². The summed E-state index contributed by atoms with van der Waals surface area (Å²) in [6, 6.07) is 8.83. The Labute approximate surface area is 191 Å². The Morgan fingerprint density at radius 3 is 2.70 bits per heavy atom. The van der Waals surface area contributed by atoms with Gasteiger partial charge in [0, 0.05) is 30.2 Å². The lowest BCUT2D eigenvalue weighted by Gasteiger charge is -2.33. The van der Waals surface area contributed by atoms with Crippen molar-refractivity contribution in [1.82, 2.24) is 34.5 Å². The molecular formula is C22H19F2N7OS. The highest BCUT2D eigenvalue weighted by atomic mass is 32.1. The molecule has 2 atom stereocenters. The monoisotopic (exact) mass is 467 g/mol. The highest BCUT2D eigenvalue weighted by molar-refractivity contribution is 7.18. The van der Waals surface area contributed by atoms with E-state index in [4.69, 9.17) is 4.98 Å². The molecule has 5 rings (SSSR count). The van der Waals surface area contributed by atoms with Crippen LogP contribution in [0.4, 0.5) is 8.78 Å². The average molecular weight is 468 g/mol. The van der Waals surface area contributed by atoms with Crippen molar-refractivity contribution in [2.45, 2.75) is 25.0 Å². The molecule has 8 nitrogen and oxygen atoms in total. The molecule has 0 aliphatic heterocycles. The minimum absolute atomic E-state index is 0.0375. The average Bonchev–Trinajstić information content (AvgIpc) is 3.53. The first-order valence-electron chi connectivity index (χ1n) is 10.1. The second kappa shape index (κ2) is 8.09. The van der Waals surface area contributed by atoms with Crippen LogP contribution in [0.1, 0.15) is 23.4 Å². The highest BCUT2D eigenvalue weighted by Gasteiger charge is 2.41. The van der Waals surface area contributed by atoms with Crippen LogP contribution >= 0.6 is 11.3 Å². The maximum atomic E-state index is 14.8. The summed E-state index contributed by atoms with van der Waals surface area (Å²) in [5, 5.41) is 20.8. The quantitative estimate of drug-likeness (QED) is 0.410. The third-order valence-corrected chi connectivity index (χ3v) is 6.82. The number of aliphatic hydroxyl groups is 1. The maximum absolute atomic E-state index is 14.8. The van der Waals surface area contributed by atoms with Crippen LogP contribution in [-0.2, 0) is 19.2 Å². The van der Waals surface area contributed by atoms with Crippen molar-refractivity contribution in [3.05, 3.63) is 77.6 Å². The highest BCUT2D eigenvalue weighted by Crippen LogP contribution is 2.42. The number of halogens is 2. The number of benzene rings is 2. The second-order valence-corrected chi connectivity index (χ2v) is 8.90. The molecule has 0 spiro atoms. The fourth-order valence-corrected chi connectivity index (χ4v) is 4.95. The van der Waals surface area contributed by atoms with E-state index in [0.29, 0.717) is 10.8 Å². The zero-order chi connectivity index (χ0) is 23.2. The number of nitrogens with zero attached hydrogens (tertiary/aromatic N) is 7. The molecule has 3 heterocycles. The molecule has 11 heteroatoms. The van der Waals surface area contributed by atoms with E-state index >= 15 is 0 Å². The van der Waals surface area contributed by atoms with E-state index in [1.807, 2.05) is 18.2 Å². The summed E-state index contributed by atoms with van der Waals surface area (Å²) in [5.74, 6) is -1.61. The molecule has 0 amide bonds. The van der Waals surface area contributed by atoms with Gasteiger partial charge in [-0.05, 0) is 24.3 Å². The lowest BCUT2D eigenvalue weighted by atomic mass is 9.82. The lowest BCUT2D eigenvalue weighted by Crippen LogP contribution is -2.38. The predicted molar refractivity (Wildman–Crippen MR) is 118 cm³/mol. The molecule has 1 N–H and O–H groups in total. The van der Waals surface area contributed by atoms with Crippen molar-refractivity contribution in [1.29, 1.82) is 0 Å². The van der Waals surface area contributed by atoms with Crippen molar-refractivity contribution in [2.75, 3.05) is 0 Å². The summed E-state index contributed by atoms with van der Waals surface area (Å²) in [6.07, 6.45) is 4.39. The molecule has 0 fully saturated rings. The summed E-state index contributed by atoms with van der Waals surface area (Å²) >= 11 is 1.39. The Kier molecular flexibility index (Phi) is 5.22. The van der Waals surface area contributed by atoms with Gasteiger partial charge in [0.15, 0.2) is 5.82 Å². The van der Waals surface area contributed by atoms with E-state index in [1.54, 1.807) is 25.0 Å². The van der Waals surface area contributed by atoms with E-state index in [9.17, 15) is 13.9 Å². The molecule has 5 aromatic rings. The zero-order valence-corrected chi connectivity index (χ0v) is 18.5. The molecule has 0 aliphatic rings. The zero-order valence-electron chi connectivity index (χ0n) is 17.7. The van der Waals surface area contributed by atoms with Crippen LogP contribution in [0.15, 0.2) is 55.4 Å². The van der Waals surface area contributed by atoms with Gasteiger partial charge in [-0.15, -0.1) is 11.3 Å². The number of thiazole rings is 1. The summed E-state index contributed by atoms with van der Waals surface area (Å²) in [7, 11) is 1.80. The Morgan fingerprint density at radius 1 is 1.15 bits per heavy atom. The summed E-state index contributed by atoms with van der Waals surface area (Å²) < 4.78 is 32.3. The number of hydrogen-bond acceptors (Lipinski definition) is 7. The number of rotatable bonds is 6. The van der Waals surface area contributed by atoms with Gasteiger partial charge in [0.25, 0.3) is 0 Å². The number of fused-ring (bicyclic) bond motifs is 1. The SMILES string of the molecule is C[C@@H](c1nc2ccc(-c3ncn(C)n3)cc2s1)[C@](O)(Cn1cncn1)c1ccc(F)cc1F. The topological polar surface area (TPSA) is 94.5 Å². The minimum Gasteiger partial charge on any atom is -0.382 e. The van der Waals surface area contributed by atoms with Crippen LogP contribution in [0, 0.1) is 11.6 Å². The smallest absolute Gasteiger partial charge is 0.181 e. The van der Waals surface area contributed by atoms with Gasteiger partial charge < -0.3 is 5.11 Å². The van der Waals surface area contributed by atoms with E-state index in [2.05, 4.69) is 20.2 Å². The lowest BCUT2D eigenvalue weighted by molar-refractivity contribution is -0.0112. The maximum Gasteiger partial charge on any atom is 0.181 e. The third-order valence-electron chi connectivity index (χ3n) is 5.62. The van der Waals surface area contributed by atoms with Crippen LogP contribution in [0.3, 0.4) is 0 Å². The van der Waals surface area contributed by atoms with Gasteiger partial charge in [0.05, 0.1) is 21.8 Å². The first kappa shape index (κ1) is 21.3. The second-order valence-electron chi connectivity index (χ2n) is 7.84. The molecule has 0 aliphatic carbocycles. The van der Waals surface area contributed by atoms with Crippen LogP contribution in [-0.4, -0.2) is 39.6 Å². The van der Waals surface area contributed by atoms with Gasteiger partial charge >= 0.3 is 0 Å². The van der Waals surface area contributed by atoms with Crippen molar-refractivity contribution in [3.63, 3.8) is 0 Å². The van der Waals surface area contributed by atoms with Crippen molar-refractivity contribution >= 4 is 21.6 Å². The molecule has 0 saturated carbocycles. The number of aromatic nitrogens is 7. The summed E-state index contributed by atoms with van der Waals surface area (Å²) in [4.78, 5) is 12.9. The van der Waals surface area contributed by atoms with E-state index in [0.717, 1.165) is 27.9 Å². The van der Waals surface area contributed by atoms with Gasteiger partial charge in [0.2, 0.25) is 0 Å². The van der Waals surface area contributed by atoms with Crippen molar-refractivity contribution in [3.8, 4) is 11.4 Å². The summed E-state index contributed by atoms with van der Waals surface area (Å²) in [6.45, 7) is 1.68. The minimum atomic E-state index is -1.76. The van der Waals surface area contributed by atoms with E-state index in [-0.39, 0.29) is 12.1 Å². The standard InChI is InChI=1S/C22H19F2N7OS/c1-13(21-28-18-6-3-14(7-19(18)33-21)20-26-12-30(2)29-20)22(32,9-31-11-25-10-27-31)16-5-4-15(23)8-17(16)24/h3-8,10-13,32H,9H2,1-2H3/t13-,22+/m0/s1. The Morgan fingerprint density at radius 2 is 2.00 bits per heavy atom. The molecule has 0 saturated heterocycles. The number of hydrogen-bond donors (Lipinski definition) is 1. The van der Waals surface area contributed by atoms with Crippen LogP contribution in [0.2, 0.25) is 0 Å². The third kappa shape index (κ3) is 3.89. The van der Waals surface area contributed by atoms with Crippen molar-refractivity contribution < 1.29 is 13.9 Å². The van der Waals surface area contributed by atoms with Gasteiger partial charge in [-0.3, -0.25) is 4.68 Å². The first-order valence-corrected chi connectivity index (χ1v) is 10.9. The normalized spacial score (nSPS) is 14.5. The summed E-state index contributed by atoms with van der Waals surface area (Å²) in [5.41, 5.74) is -0.216. The first-order chi connectivity index (χ1) is 15.8. The Balaban J connectivity index is 1.57. The van der Waals surface area contributed by atoms with Gasteiger partial charge in [-0.1, -0.05) is 13.0 Å². The van der Waals surface area contributed by atoms with Gasteiger partial charge in [-0.25, -0.2) is 28.4 Å². The Hall–Kier alpha value is -3.57. The fourth-order valence-electron chi connectivity index (χ4n) is 3.80.